The Hall–Kier alpha value is -0.830. The first-order valence-electron chi connectivity index (χ1n) is 5.02. The van der Waals surface area contributed by atoms with Gasteiger partial charge in [-0.25, -0.2) is 4.98 Å². The molecule has 1 aliphatic rings. The van der Waals surface area contributed by atoms with E-state index in [0.29, 0.717) is 0 Å². The van der Waals surface area contributed by atoms with Crippen LogP contribution in [0.1, 0.15) is 19.3 Å². The summed E-state index contributed by atoms with van der Waals surface area (Å²) < 4.78 is 2.16. The molecule has 72 valence electrons. The fraction of sp³-hybridized carbons (Fsp3) is 0.700. The van der Waals surface area contributed by atoms with Crippen molar-refractivity contribution >= 4 is 0 Å². The number of hydrogen-bond acceptors (Lipinski definition) is 2. The molecule has 1 saturated heterocycles. The van der Waals surface area contributed by atoms with Gasteiger partial charge < -0.3 is 9.47 Å². The van der Waals surface area contributed by atoms with E-state index in [-0.39, 0.29) is 0 Å². The van der Waals surface area contributed by atoms with Crippen LogP contribution in [0, 0.1) is 0 Å². The zero-order valence-electron chi connectivity index (χ0n) is 8.19. The van der Waals surface area contributed by atoms with E-state index < -0.39 is 0 Å². The summed E-state index contributed by atoms with van der Waals surface area (Å²) in [6.45, 7) is 2.38. The van der Waals surface area contributed by atoms with Gasteiger partial charge in [-0.15, -0.1) is 0 Å². The third kappa shape index (κ3) is 2.10. The Morgan fingerprint density at radius 3 is 3.08 bits per heavy atom. The molecule has 0 aromatic carbocycles. The topological polar surface area (TPSA) is 21.1 Å². The Labute approximate surface area is 79.4 Å². The van der Waals surface area contributed by atoms with E-state index in [0.717, 1.165) is 12.6 Å². The molecule has 0 bridgehead atoms. The third-order valence-electron chi connectivity index (χ3n) is 2.95. The van der Waals surface area contributed by atoms with Crippen LogP contribution in [0.4, 0.5) is 0 Å². The molecule has 2 heterocycles. The van der Waals surface area contributed by atoms with Gasteiger partial charge in [0.1, 0.15) is 0 Å². The Balaban J connectivity index is 1.79. The molecule has 3 nitrogen and oxygen atoms in total. The van der Waals surface area contributed by atoms with Gasteiger partial charge in [0.25, 0.3) is 0 Å². The zero-order valence-corrected chi connectivity index (χ0v) is 8.19. The molecule has 13 heavy (non-hydrogen) atoms. The van der Waals surface area contributed by atoms with Gasteiger partial charge in [-0.1, -0.05) is 0 Å². The van der Waals surface area contributed by atoms with Gasteiger partial charge in [-0.3, -0.25) is 0 Å². The van der Waals surface area contributed by atoms with Crippen LogP contribution in [0.5, 0.6) is 0 Å². The van der Waals surface area contributed by atoms with Crippen LogP contribution < -0.4 is 0 Å². The summed E-state index contributed by atoms with van der Waals surface area (Å²) in [5.74, 6) is 0. The van der Waals surface area contributed by atoms with Crippen molar-refractivity contribution in [2.75, 3.05) is 13.6 Å². The lowest BCUT2D eigenvalue weighted by atomic mass is 10.1. The second kappa shape index (κ2) is 3.92. The Morgan fingerprint density at radius 1 is 1.54 bits per heavy atom. The maximum atomic E-state index is 4.04. The maximum Gasteiger partial charge on any atom is 0.0945 e. The highest BCUT2D eigenvalue weighted by molar-refractivity contribution is 4.79. The number of likely N-dealkylation sites (tertiary alicyclic amines) is 1. The van der Waals surface area contributed by atoms with Crippen molar-refractivity contribution in [3.8, 4) is 0 Å². The van der Waals surface area contributed by atoms with Gasteiger partial charge in [0.2, 0.25) is 0 Å². The second-order valence-electron chi connectivity index (χ2n) is 3.87. The predicted molar refractivity (Wildman–Crippen MR) is 52.5 cm³/mol. The second-order valence-corrected chi connectivity index (χ2v) is 3.87. The van der Waals surface area contributed by atoms with Crippen molar-refractivity contribution in [3.05, 3.63) is 18.7 Å². The minimum atomic E-state index is 0.794. The molecule has 0 radical (unpaired) electrons. The van der Waals surface area contributed by atoms with E-state index >= 15 is 0 Å². The van der Waals surface area contributed by atoms with E-state index in [4.69, 9.17) is 0 Å². The standard InChI is InChI=1S/C10H17N3/c1-12-6-2-3-10(12)4-7-13-8-5-11-9-13/h5,8-10H,2-4,6-7H2,1H3. The van der Waals surface area contributed by atoms with Crippen LogP contribution in [-0.4, -0.2) is 34.1 Å². The summed E-state index contributed by atoms with van der Waals surface area (Å²) in [5.41, 5.74) is 0. The molecule has 0 saturated carbocycles. The lowest BCUT2D eigenvalue weighted by Gasteiger charge is -2.19. The van der Waals surface area contributed by atoms with Crippen LogP contribution in [0.3, 0.4) is 0 Å². The summed E-state index contributed by atoms with van der Waals surface area (Å²) in [6, 6.07) is 0.794. The zero-order chi connectivity index (χ0) is 9.10. The van der Waals surface area contributed by atoms with E-state index in [9.17, 15) is 0 Å². The number of aromatic nitrogens is 2. The molecule has 2 rings (SSSR count). The molecule has 3 heteroatoms. The molecule has 1 aromatic rings. The third-order valence-corrected chi connectivity index (χ3v) is 2.95. The van der Waals surface area contributed by atoms with Gasteiger partial charge in [0, 0.05) is 25.0 Å². The molecule has 0 spiro atoms. The number of imidazole rings is 1. The highest BCUT2D eigenvalue weighted by atomic mass is 15.1. The van der Waals surface area contributed by atoms with Crippen LogP contribution in [0.25, 0.3) is 0 Å². The number of nitrogens with zero attached hydrogens (tertiary/aromatic N) is 3. The Bertz CT molecular complexity index is 243. The van der Waals surface area contributed by atoms with Crippen molar-refractivity contribution < 1.29 is 0 Å². The molecule has 1 aliphatic heterocycles. The Morgan fingerprint density at radius 2 is 2.46 bits per heavy atom. The van der Waals surface area contributed by atoms with Gasteiger partial charge >= 0.3 is 0 Å². The van der Waals surface area contributed by atoms with Crippen LogP contribution >= 0.6 is 0 Å². The summed E-state index contributed by atoms with van der Waals surface area (Å²) in [5, 5.41) is 0. The van der Waals surface area contributed by atoms with Gasteiger partial charge in [-0.2, -0.15) is 0 Å². The Kier molecular flexibility index (Phi) is 2.64. The average Bonchev–Trinajstić information content (AvgIpc) is 2.72. The van der Waals surface area contributed by atoms with E-state index in [1.54, 1.807) is 0 Å². The highest BCUT2D eigenvalue weighted by Crippen LogP contribution is 2.18. The van der Waals surface area contributed by atoms with E-state index in [1.807, 2.05) is 18.7 Å². The van der Waals surface area contributed by atoms with Crippen molar-refractivity contribution in [2.45, 2.75) is 31.8 Å². The fourth-order valence-electron chi connectivity index (χ4n) is 2.06. The molecule has 1 atom stereocenters. The van der Waals surface area contributed by atoms with Crippen molar-refractivity contribution in [2.24, 2.45) is 0 Å². The van der Waals surface area contributed by atoms with E-state index in [1.165, 1.54) is 25.8 Å². The van der Waals surface area contributed by atoms with Crippen LogP contribution in [0.2, 0.25) is 0 Å². The first-order chi connectivity index (χ1) is 6.36. The summed E-state index contributed by atoms with van der Waals surface area (Å²) in [4.78, 5) is 6.50. The predicted octanol–water partition coefficient (Wildman–Crippen LogP) is 1.37. The largest absolute Gasteiger partial charge is 0.337 e. The quantitative estimate of drug-likeness (QED) is 0.698. The fourth-order valence-corrected chi connectivity index (χ4v) is 2.06. The SMILES string of the molecule is CN1CCCC1CCn1ccnc1. The minimum Gasteiger partial charge on any atom is -0.337 e. The number of hydrogen-bond donors (Lipinski definition) is 0. The minimum absolute atomic E-state index is 0.794. The summed E-state index contributed by atoms with van der Waals surface area (Å²) in [7, 11) is 2.23. The number of rotatable bonds is 3. The smallest absolute Gasteiger partial charge is 0.0945 e. The molecular formula is C10H17N3. The normalized spacial score (nSPS) is 23.9. The average molecular weight is 179 g/mol. The van der Waals surface area contributed by atoms with Gasteiger partial charge in [0.15, 0.2) is 0 Å². The molecular weight excluding hydrogens is 162 g/mol. The molecule has 1 aromatic heterocycles. The molecule has 1 unspecified atom stereocenters. The molecule has 0 amide bonds. The first-order valence-corrected chi connectivity index (χ1v) is 5.02. The molecule has 0 aliphatic carbocycles. The van der Waals surface area contributed by atoms with Crippen molar-refractivity contribution in [1.82, 2.24) is 14.5 Å². The van der Waals surface area contributed by atoms with Crippen molar-refractivity contribution in [3.63, 3.8) is 0 Å². The van der Waals surface area contributed by atoms with Crippen LogP contribution in [0.15, 0.2) is 18.7 Å². The molecule has 0 N–H and O–H groups in total. The van der Waals surface area contributed by atoms with Crippen molar-refractivity contribution in [1.29, 1.82) is 0 Å². The highest BCUT2D eigenvalue weighted by Gasteiger charge is 2.19. The summed E-state index contributed by atoms with van der Waals surface area (Å²) >= 11 is 0. The monoisotopic (exact) mass is 179 g/mol. The van der Waals surface area contributed by atoms with Gasteiger partial charge in [-0.05, 0) is 32.9 Å². The molecule has 1 fully saturated rings. The van der Waals surface area contributed by atoms with Gasteiger partial charge in [0.05, 0.1) is 6.33 Å². The lowest BCUT2D eigenvalue weighted by Crippen LogP contribution is -2.25. The maximum absolute atomic E-state index is 4.04. The van der Waals surface area contributed by atoms with Crippen LogP contribution in [-0.2, 0) is 6.54 Å². The number of aryl methyl sites for hydroxylation is 1. The summed E-state index contributed by atoms with van der Waals surface area (Å²) in [6.07, 6.45) is 9.77. The van der Waals surface area contributed by atoms with E-state index in [2.05, 4.69) is 21.5 Å². The lowest BCUT2D eigenvalue weighted by molar-refractivity contribution is 0.286. The first kappa shape index (κ1) is 8.75.